The minimum atomic E-state index is -2.97. The van der Waals surface area contributed by atoms with Crippen molar-refractivity contribution in [3.8, 4) is 6.19 Å². The molecule has 0 bridgehead atoms. The van der Waals surface area contributed by atoms with E-state index in [0.29, 0.717) is 116 Å². The minimum Gasteiger partial charge on any atom is -0.426 e. The molecule has 0 aliphatic rings. The van der Waals surface area contributed by atoms with Crippen molar-refractivity contribution in [3.63, 3.8) is 0 Å². The lowest BCUT2D eigenvalue weighted by atomic mass is 9.90. The minimum absolute atomic E-state index is 0.0285. The lowest BCUT2D eigenvalue weighted by Gasteiger charge is -2.21. The smallest absolute Gasteiger partial charge is 0.274 e. The normalized spacial score (nSPS) is 11.9. The second-order valence-corrected chi connectivity index (χ2v) is 47.4. The molecule has 6 rings (SSSR count). The Morgan fingerprint density at radius 3 is 1.41 bits per heavy atom. The SMILES string of the molecule is CC(C)(C)CCCC(N)=O.CC(C)(C)CCCn1cc(CO)nn1.CC(C)(C)CCCn1cc(COC(C)(C)C)nn1.CC(C)(C)CCCn1ccnn1.CC(C)CCCN(C)S(C)(=O)=O.CC(C)CCCN=C(NC#N)N(C)C.CN(C)c1c(NCCCC(C)(C)C)c(=O)c1=O.CN/C(=C\[N+](=O)[O-])NCCCC(C)C.CNc1c(NCCCC(C)(C)C)c(=O)c1=O.Cc1nnc(CCC(C)C)o1. The molecule has 0 aliphatic carbocycles. The molecular formula is C101H194N24O12S. The summed E-state index contributed by atoms with van der Waals surface area (Å²) >= 11 is 0. The van der Waals surface area contributed by atoms with Crippen LogP contribution in [-0.4, -0.2) is 189 Å². The van der Waals surface area contributed by atoms with Crippen molar-refractivity contribution in [1.82, 2.24) is 80.3 Å². The summed E-state index contributed by atoms with van der Waals surface area (Å²) in [6, 6.07) is 0. The number of guanidine groups is 1. The van der Waals surface area contributed by atoms with Crippen LogP contribution in [0.5, 0.6) is 0 Å². The zero-order chi connectivity index (χ0) is 107. The molecule has 4 aromatic heterocycles. The maximum atomic E-state index is 11.4. The summed E-state index contributed by atoms with van der Waals surface area (Å²) in [4.78, 5) is 72.8. The van der Waals surface area contributed by atoms with E-state index < -0.39 is 25.8 Å². The molecule has 0 unspecified atom stereocenters. The predicted octanol–water partition coefficient (Wildman–Crippen LogP) is 18.0. The second kappa shape index (κ2) is 70.4. The number of aromatic nitrogens is 11. The van der Waals surface area contributed by atoms with Gasteiger partial charge in [-0.1, -0.05) is 196 Å². The summed E-state index contributed by atoms with van der Waals surface area (Å²) in [6.45, 7) is 72.1. The molecule has 0 fully saturated rings. The Balaban J connectivity index is -0.000000726. The number of aryl methyl sites for hydroxylation is 5. The fraction of sp³-hybridized carbons (Fsp3) is 0.792. The number of ether oxygens (including phenoxy) is 1. The van der Waals surface area contributed by atoms with Crippen molar-refractivity contribution in [3.05, 3.63) is 111 Å². The molecule has 0 aliphatic heterocycles. The highest BCUT2D eigenvalue weighted by Crippen LogP contribution is 2.27. The number of carbonyl (C=O) groups excluding carboxylic acids is 1. The van der Waals surface area contributed by atoms with Crippen molar-refractivity contribution in [1.29, 1.82) is 5.26 Å². The van der Waals surface area contributed by atoms with Gasteiger partial charge in [0.15, 0.2) is 12.0 Å². The predicted molar refractivity (Wildman–Crippen MR) is 569 cm³/mol. The maximum Gasteiger partial charge on any atom is 0.274 e. The standard InChI is InChI=1S/C14H27N3O.C13H22N2O2.C12H20N2O2.C10H20N4.C10H19N3O.C9H19N3O2.C9H17N3.C8H14N2O.C8H19NO2S.C8H17NO/c1-13(2,3)8-7-9-17-10-12(15-16-17)11-18-14(4,5)6;1-13(2,3)7-6-8-14-9-10(15(4)5)12(17)11(9)16;1-12(2,3)6-5-7-14-9-8(13-4)10(15)11(9)16;1-9(2)6-5-7-12-10(13-8-11)14(3)4;1-10(2,3)5-4-6-13-7-9(8-14)11-12-13;1-8(2)5-4-6-11-9(10-3)7-12(13)14;1-9(2,3)5-4-7-12-8-6-10-11-12;1-6(2)4-5-8-10-9-7(3)11-8;1-8(2)6-5-7-9(3)12(4,10)11;1-8(2,3)6-4-5-7(9)10/h10H,7-9,11H2,1-6H3;14H,6-8H2,1-5H3;13-14H,5-7H2,1-4H3;9H,5-7H2,1-4H3,(H,12,13);7,14H,4-6,8H2,1-3H3;7-8,10-11H,4-6H2,1-3H3;6,8H,4-5,7H2,1-3H3;6H,4-5H2,1-3H3;8H,5-7H2,1-4H3;4-6H2,1-3H3,(H2,9,10)/b;;;;;9-7+;;;;. The van der Waals surface area contributed by atoms with E-state index in [-0.39, 0.29) is 29.0 Å². The number of nitrogens with zero attached hydrogens (tertiary/aromatic N) is 17. The number of aliphatic hydroxyl groups excluding tert-OH is 1. The van der Waals surface area contributed by atoms with E-state index in [1.807, 2.05) is 69.7 Å². The van der Waals surface area contributed by atoms with Crippen LogP contribution in [0.3, 0.4) is 0 Å². The van der Waals surface area contributed by atoms with Crippen LogP contribution in [0.25, 0.3) is 0 Å². The second-order valence-electron chi connectivity index (χ2n) is 45.3. The molecule has 6 aromatic rings. The number of amides is 1. The van der Waals surface area contributed by atoms with Gasteiger partial charge in [-0.3, -0.25) is 58.4 Å². The number of aliphatic hydroxyl groups is 1. The fourth-order valence-corrected chi connectivity index (χ4v) is 12.5. The molecule has 9 N–H and O–H groups in total. The van der Waals surface area contributed by atoms with Crippen molar-refractivity contribution >= 4 is 44.6 Å². The Morgan fingerprint density at radius 2 is 1.03 bits per heavy atom. The first-order valence-electron chi connectivity index (χ1n) is 49.4. The number of nitrogens with one attached hydrogen (secondary N) is 6. The van der Waals surface area contributed by atoms with E-state index in [9.17, 15) is 42.5 Å². The molecule has 36 nitrogen and oxygen atoms in total. The monoisotopic (exact) mass is 1970 g/mol. The summed E-state index contributed by atoms with van der Waals surface area (Å²) in [7, 11) is 9.24. The van der Waals surface area contributed by atoms with Crippen molar-refractivity contribution in [2.75, 3.05) is 109 Å². The third kappa shape index (κ3) is 79.5. The fourth-order valence-electron chi connectivity index (χ4n) is 12.0. The van der Waals surface area contributed by atoms with Gasteiger partial charge in [0.1, 0.15) is 34.1 Å². The van der Waals surface area contributed by atoms with Crippen LogP contribution in [0.2, 0.25) is 0 Å². The summed E-state index contributed by atoms with van der Waals surface area (Å²) in [5, 5.41) is 75.8. The molecule has 1 amide bonds. The quantitative estimate of drug-likeness (QED) is 0.00257. The third-order valence-corrected chi connectivity index (χ3v) is 21.3. The van der Waals surface area contributed by atoms with Crippen LogP contribution in [0.1, 0.15) is 352 Å². The lowest BCUT2D eigenvalue weighted by Crippen LogP contribution is -2.40. The number of hydrogen-bond donors (Lipinski definition) is 8. The molecule has 0 radical (unpaired) electrons. The van der Waals surface area contributed by atoms with Gasteiger partial charge < -0.3 is 56.4 Å². The van der Waals surface area contributed by atoms with Gasteiger partial charge in [-0.25, -0.2) is 12.7 Å². The number of rotatable bonds is 44. The Bertz CT molecular complexity index is 4530. The Hall–Kier alpha value is -9.28. The molecule has 2 aromatic carbocycles. The number of sulfonamides is 1. The van der Waals surface area contributed by atoms with Gasteiger partial charge in [-0.15, -0.1) is 25.5 Å². The Labute approximate surface area is 832 Å². The first kappa shape index (κ1) is 135. The van der Waals surface area contributed by atoms with Crippen molar-refractivity contribution < 1.29 is 32.4 Å². The molecule has 4 heterocycles. The number of primary amides is 1. The lowest BCUT2D eigenvalue weighted by molar-refractivity contribution is -0.404. The summed E-state index contributed by atoms with van der Waals surface area (Å²) in [6.07, 6.45) is 33.6. The highest BCUT2D eigenvalue weighted by Gasteiger charge is 2.24. The van der Waals surface area contributed by atoms with Crippen LogP contribution >= 0.6 is 0 Å². The van der Waals surface area contributed by atoms with E-state index in [2.05, 4.69) is 258 Å². The van der Waals surface area contributed by atoms with Crippen molar-refractivity contribution in [2.24, 2.45) is 66.9 Å². The van der Waals surface area contributed by atoms with Gasteiger partial charge in [0.2, 0.25) is 33.7 Å². The number of anilines is 4. The summed E-state index contributed by atoms with van der Waals surface area (Å²) in [5.74, 6) is 5.06. The Morgan fingerprint density at radius 1 is 0.594 bits per heavy atom. The first-order valence-corrected chi connectivity index (χ1v) is 51.3. The summed E-state index contributed by atoms with van der Waals surface area (Å²) < 4.78 is 39.7. The molecule has 138 heavy (non-hydrogen) atoms. The van der Waals surface area contributed by atoms with E-state index in [1.54, 1.807) is 62.1 Å². The van der Waals surface area contributed by atoms with E-state index in [4.69, 9.17) is 25.3 Å². The van der Waals surface area contributed by atoms with Gasteiger partial charge in [0.25, 0.3) is 27.9 Å². The zero-order valence-corrected chi connectivity index (χ0v) is 94.0. The highest BCUT2D eigenvalue weighted by atomic mass is 32.2. The third-order valence-electron chi connectivity index (χ3n) is 19.9. The molecule has 0 atom stereocenters. The van der Waals surface area contributed by atoms with Gasteiger partial charge in [0, 0.05) is 128 Å². The highest BCUT2D eigenvalue weighted by molar-refractivity contribution is 7.88. The van der Waals surface area contributed by atoms with Crippen molar-refractivity contribution in [2.45, 2.75) is 381 Å². The van der Waals surface area contributed by atoms with Gasteiger partial charge >= 0.3 is 0 Å². The van der Waals surface area contributed by atoms with E-state index in [0.717, 1.165) is 166 Å². The molecule has 0 saturated heterocycles. The van der Waals surface area contributed by atoms with Gasteiger partial charge in [0.05, 0.1) is 48.6 Å². The Kier molecular flexibility index (Phi) is 68.8. The number of nitro groups is 1. The van der Waals surface area contributed by atoms with Crippen LogP contribution < -0.4 is 64.2 Å². The molecular weight excluding hydrogens is 1770 g/mol. The van der Waals surface area contributed by atoms with Crippen LogP contribution in [-0.2, 0) is 58.8 Å². The van der Waals surface area contributed by atoms with Gasteiger partial charge in [-0.2, -0.15) is 5.26 Å². The number of hydrogen-bond acceptors (Lipinski definition) is 28. The average Bonchev–Trinajstić information content (AvgIpc) is 0.972. The number of aliphatic imine (C=N–C) groups is 1. The topological polar surface area (TPSA) is 467 Å². The molecule has 0 spiro atoms. The number of nitriles is 1. The largest absolute Gasteiger partial charge is 0.426 e. The summed E-state index contributed by atoms with van der Waals surface area (Å²) in [5.41, 5.74) is 8.80. The maximum absolute atomic E-state index is 11.4. The van der Waals surface area contributed by atoms with Gasteiger partial charge in [-0.05, 0) is 199 Å². The number of carbonyl (C=O) groups is 1. The van der Waals surface area contributed by atoms with Crippen LogP contribution in [0.4, 0.5) is 22.7 Å². The first-order chi connectivity index (χ1) is 63.4. The molecule has 796 valence electrons. The number of nitrogens with two attached hydrogens (primary N) is 1. The zero-order valence-electron chi connectivity index (χ0n) is 93.1. The van der Waals surface area contributed by atoms with E-state index >= 15 is 0 Å². The molecule has 37 heteroatoms. The average molecular weight is 1970 g/mol. The van der Waals surface area contributed by atoms with E-state index in [1.165, 1.54) is 42.7 Å². The molecule has 0 saturated carbocycles. The van der Waals surface area contributed by atoms with Crippen LogP contribution in [0, 0.1) is 84.7 Å². The van der Waals surface area contributed by atoms with Crippen LogP contribution in [0.15, 0.2) is 65.4 Å².